The van der Waals surface area contributed by atoms with Gasteiger partial charge in [0.15, 0.2) is 0 Å². The van der Waals surface area contributed by atoms with E-state index in [1.165, 1.54) is 5.56 Å². The lowest BCUT2D eigenvalue weighted by atomic mass is 10.2. The maximum Gasteiger partial charge on any atom is 0.138 e. The average molecular weight is 233 g/mol. The summed E-state index contributed by atoms with van der Waals surface area (Å²) in [4.78, 5) is 2.31. The summed E-state index contributed by atoms with van der Waals surface area (Å²) in [6.07, 6.45) is 0.878. The second kappa shape index (κ2) is 4.74. The third-order valence-electron chi connectivity index (χ3n) is 3.48. The molecule has 4 heteroatoms. The van der Waals surface area contributed by atoms with Crippen molar-refractivity contribution in [3.05, 3.63) is 35.9 Å². The monoisotopic (exact) mass is 233 g/mol. The van der Waals surface area contributed by atoms with E-state index in [0.717, 1.165) is 19.6 Å². The minimum absolute atomic E-state index is 0.202. The van der Waals surface area contributed by atoms with E-state index in [1.807, 2.05) is 6.07 Å². The molecule has 0 radical (unpaired) electrons. The summed E-state index contributed by atoms with van der Waals surface area (Å²) < 4.78 is 5.68. The molecule has 17 heavy (non-hydrogen) atoms. The Morgan fingerprint density at radius 3 is 2.94 bits per heavy atom. The number of hydrogen-bond acceptors (Lipinski definition) is 4. The molecule has 0 saturated carbocycles. The smallest absolute Gasteiger partial charge is 0.138 e. The number of hydrogen-bond donors (Lipinski definition) is 2. The Balaban J connectivity index is 1.46. The number of nitrogens with one attached hydrogen (secondary N) is 2. The van der Waals surface area contributed by atoms with Gasteiger partial charge in [-0.05, 0) is 12.6 Å². The van der Waals surface area contributed by atoms with Crippen LogP contribution in [0.3, 0.4) is 0 Å². The fourth-order valence-corrected chi connectivity index (χ4v) is 2.39. The summed E-state index contributed by atoms with van der Waals surface area (Å²) in [5, 5.41) is 6.89. The highest BCUT2D eigenvalue weighted by Gasteiger charge is 2.47. The third kappa shape index (κ3) is 2.50. The van der Waals surface area contributed by atoms with E-state index < -0.39 is 0 Å². The van der Waals surface area contributed by atoms with E-state index in [-0.39, 0.29) is 6.23 Å². The Morgan fingerprint density at radius 1 is 1.41 bits per heavy atom. The quantitative estimate of drug-likeness (QED) is 0.737. The van der Waals surface area contributed by atoms with Gasteiger partial charge in [-0.25, -0.2) is 0 Å². The molecule has 2 aliphatic rings. The zero-order valence-corrected chi connectivity index (χ0v) is 10.1. The topological polar surface area (TPSA) is 39.8 Å². The molecule has 0 spiro atoms. The van der Waals surface area contributed by atoms with Crippen molar-refractivity contribution in [2.75, 3.05) is 20.1 Å². The zero-order chi connectivity index (χ0) is 11.7. The van der Waals surface area contributed by atoms with Crippen molar-refractivity contribution in [3.63, 3.8) is 0 Å². The molecule has 1 aromatic rings. The Kier molecular flexibility index (Phi) is 3.11. The average Bonchev–Trinajstić information content (AvgIpc) is 3.01. The molecular formula is C13H19N3O. The lowest BCUT2D eigenvalue weighted by molar-refractivity contribution is 0.228. The minimum Gasteiger partial charge on any atom is -0.350 e. The Bertz CT molecular complexity index is 370. The van der Waals surface area contributed by atoms with Gasteiger partial charge in [0.05, 0.1) is 6.17 Å². The molecule has 2 fully saturated rings. The van der Waals surface area contributed by atoms with Crippen molar-refractivity contribution >= 4 is 0 Å². The van der Waals surface area contributed by atoms with Crippen molar-refractivity contribution in [1.29, 1.82) is 0 Å². The van der Waals surface area contributed by atoms with Crippen molar-refractivity contribution in [3.8, 4) is 0 Å². The molecule has 3 atom stereocenters. The van der Waals surface area contributed by atoms with Crippen LogP contribution in [0.15, 0.2) is 30.3 Å². The van der Waals surface area contributed by atoms with Crippen LogP contribution in [-0.4, -0.2) is 43.5 Å². The van der Waals surface area contributed by atoms with E-state index in [0.29, 0.717) is 12.3 Å². The van der Waals surface area contributed by atoms with Crippen LogP contribution in [0.4, 0.5) is 0 Å². The molecule has 2 saturated heterocycles. The van der Waals surface area contributed by atoms with Gasteiger partial charge in [0, 0.05) is 19.6 Å². The standard InChI is InChI=1S/C13H19N3O/c1-16-8-7-14-12(16)11-13(17-11)15-9-10-5-3-2-4-6-10/h2-6,11-15H,7-9H2,1H3/t11?,12-,13?/m0/s1. The first-order valence-electron chi connectivity index (χ1n) is 6.21. The van der Waals surface area contributed by atoms with Gasteiger partial charge in [-0.1, -0.05) is 30.3 Å². The second-order valence-corrected chi connectivity index (χ2v) is 4.77. The van der Waals surface area contributed by atoms with Crippen LogP contribution in [0.25, 0.3) is 0 Å². The normalized spacial score (nSPS) is 32.9. The molecular weight excluding hydrogens is 214 g/mol. The van der Waals surface area contributed by atoms with Gasteiger partial charge >= 0.3 is 0 Å². The predicted octanol–water partition coefficient (Wildman–Crippen LogP) is 0.362. The minimum atomic E-state index is 0.202. The van der Waals surface area contributed by atoms with Crippen molar-refractivity contribution < 1.29 is 4.74 Å². The van der Waals surface area contributed by atoms with E-state index in [9.17, 15) is 0 Å². The van der Waals surface area contributed by atoms with Gasteiger partial charge in [-0.2, -0.15) is 0 Å². The first kappa shape index (κ1) is 11.2. The zero-order valence-electron chi connectivity index (χ0n) is 10.1. The Morgan fingerprint density at radius 2 is 2.24 bits per heavy atom. The van der Waals surface area contributed by atoms with Crippen LogP contribution in [0, 0.1) is 0 Å². The van der Waals surface area contributed by atoms with Crippen LogP contribution in [0.1, 0.15) is 5.56 Å². The van der Waals surface area contributed by atoms with Gasteiger partial charge in [-0.3, -0.25) is 15.5 Å². The Hall–Kier alpha value is -0.940. The maximum atomic E-state index is 5.68. The largest absolute Gasteiger partial charge is 0.350 e. The van der Waals surface area contributed by atoms with Crippen molar-refractivity contribution in [2.45, 2.75) is 25.0 Å². The molecule has 0 amide bonds. The van der Waals surface area contributed by atoms with Gasteiger partial charge < -0.3 is 4.74 Å². The van der Waals surface area contributed by atoms with Crippen LogP contribution < -0.4 is 10.6 Å². The number of nitrogens with zero attached hydrogens (tertiary/aromatic N) is 1. The molecule has 0 bridgehead atoms. The van der Waals surface area contributed by atoms with E-state index in [2.05, 4.69) is 46.8 Å². The summed E-state index contributed by atoms with van der Waals surface area (Å²) in [5.74, 6) is 0. The molecule has 3 rings (SSSR count). The van der Waals surface area contributed by atoms with E-state index in [1.54, 1.807) is 0 Å². The summed E-state index contributed by atoms with van der Waals surface area (Å²) in [6.45, 7) is 3.04. The van der Waals surface area contributed by atoms with E-state index >= 15 is 0 Å². The number of ether oxygens (including phenoxy) is 1. The highest BCUT2D eigenvalue weighted by atomic mass is 16.6. The number of likely N-dealkylation sites (N-methyl/N-ethyl adjacent to an activating group) is 1. The second-order valence-electron chi connectivity index (χ2n) is 4.77. The summed E-state index contributed by atoms with van der Waals surface area (Å²) >= 11 is 0. The third-order valence-corrected chi connectivity index (χ3v) is 3.48. The highest BCUT2D eigenvalue weighted by molar-refractivity contribution is 5.14. The Labute approximate surface area is 102 Å². The molecule has 2 heterocycles. The van der Waals surface area contributed by atoms with Crippen LogP contribution in [0.5, 0.6) is 0 Å². The molecule has 4 nitrogen and oxygen atoms in total. The van der Waals surface area contributed by atoms with Crippen LogP contribution >= 0.6 is 0 Å². The number of rotatable bonds is 4. The summed E-state index contributed by atoms with van der Waals surface area (Å²) in [5.41, 5.74) is 1.30. The first-order valence-corrected chi connectivity index (χ1v) is 6.21. The van der Waals surface area contributed by atoms with Gasteiger partial charge in [-0.15, -0.1) is 0 Å². The molecule has 2 aliphatic heterocycles. The van der Waals surface area contributed by atoms with E-state index in [4.69, 9.17) is 4.74 Å². The summed E-state index contributed by atoms with van der Waals surface area (Å²) in [7, 11) is 2.14. The lowest BCUT2D eigenvalue weighted by Crippen LogP contribution is -2.40. The van der Waals surface area contributed by atoms with Crippen molar-refractivity contribution in [1.82, 2.24) is 15.5 Å². The fraction of sp³-hybridized carbons (Fsp3) is 0.538. The fourth-order valence-electron chi connectivity index (χ4n) is 2.39. The molecule has 2 N–H and O–H groups in total. The van der Waals surface area contributed by atoms with Crippen LogP contribution in [-0.2, 0) is 11.3 Å². The van der Waals surface area contributed by atoms with Gasteiger partial charge in [0.25, 0.3) is 0 Å². The van der Waals surface area contributed by atoms with Gasteiger partial charge in [0.1, 0.15) is 12.3 Å². The lowest BCUT2D eigenvalue weighted by Gasteiger charge is -2.16. The molecule has 92 valence electrons. The van der Waals surface area contributed by atoms with Crippen molar-refractivity contribution in [2.24, 2.45) is 0 Å². The number of epoxide rings is 1. The van der Waals surface area contributed by atoms with Crippen LogP contribution in [0.2, 0.25) is 0 Å². The maximum absolute atomic E-state index is 5.68. The number of benzene rings is 1. The van der Waals surface area contributed by atoms with Gasteiger partial charge in [0.2, 0.25) is 0 Å². The molecule has 0 aliphatic carbocycles. The first-order chi connectivity index (χ1) is 8.34. The molecule has 1 aromatic carbocycles. The molecule has 0 aromatic heterocycles. The summed E-state index contributed by atoms with van der Waals surface area (Å²) in [6, 6.07) is 10.4. The molecule has 2 unspecified atom stereocenters. The SMILES string of the molecule is CN1CCN[C@@H]1C1OC1NCc1ccccc1. The predicted molar refractivity (Wildman–Crippen MR) is 66.4 cm³/mol. The highest BCUT2D eigenvalue weighted by Crippen LogP contribution is 2.26.